The van der Waals surface area contributed by atoms with Gasteiger partial charge in [0, 0.05) is 32.2 Å². The van der Waals surface area contributed by atoms with E-state index in [0.29, 0.717) is 6.04 Å². The Morgan fingerprint density at radius 1 is 1.35 bits per heavy atom. The molecule has 0 saturated carbocycles. The predicted octanol–water partition coefficient (Wildman–Crippen LogP) is 1.58. The van der Waals surface area contributed by atoms with Crippen LogP contribution in [0, 0.1) is 0 Å². The fraction of sp³-hybridized carbons (Fsp3) is 0.562. The Morgan fingerprint density at radius 3 is 2.65 bits per heavy atom. The number of methoxy groups -OCH3 is 1. The average Bonchev–Trinajstić information content (AvgIpc) is 2.48. The number of ether oxygens (including phenoxy) is 1. The monoisotopic (exact) mass is 276 g/mol. The second kappa shape index (κ2) is 6.86. The molecule has 4 heteroatoms. The van der Waals surface area contributed by atoms with Crippen LogP contribution in [0.5, 0.6) is 0 Å². The van der Waals surface area contributed by atoms with Gasteiger partial charge in [-0.25, -0.2) is 0 Å². The van der Waals surface area contributed by atoms with E-state index in [-0.39, 0.29) is 11.9 Å². The Labute approximate surface area is 121 Å². The molecular weight excluding hydrogens is 252 g/mol. The highest BCUT2D eigenvalue weighted by atomic mass is 16.5. The fourth-order valence-electron chi connectivity index (χ4n) is 2.69. The minimum Gasteiger partial charge on any atom is -0.469 e. The van der Waals surface area contributed by atoms with E-state index in [1.54, 1.807) is 0 Å². The maximum Gasteiger partial charge on any atom is 0.314 e. The molecule has 0 N–H and O–H groups in total. The lowest BCUT2D eigenvalue weighted by Gasteiger charge is -2.38. The lowest BCUT2D eigenvalue weighted by Crippen LogP contribution is -2.51. The van der Waals surface area contributed by atoms with E-state index in [0.717, 1.165) is 31.7 Å². The van der Waals surface area contributed by atoms with Crippen LogP contribution in [-0.2, 0) is 9.53 Å². The van der Waals surface area contributed by atoms with Crippen LogP contribution in [-0.4, -0.2) is 62.1 Å². The summed E-state index contributed by atoms with van der Waals surface area (Å²) in [6.07, 6.45) is 0. The Hall–Kier alpha value is -1.39. The summed E-state index contributed by atoms with van der Waals surface area (Å²) in [6.45, 7) is 6.00. The third-order valence-electron chi connectivity index (χ3n) is 4.17. The number of piperazine rings is 1. The smallest absolute Gasteiger partial charge is 0.314 e. The first-order valence-electron chi connectivity index (χ1n) is 7.17. The van der Waals surface area contributed by atoms with Gasteiger partial charge in [0.05, 0.1) is 13.0 Å². The van der Waals surface area contributed by atoms with Gasteiger partial charge in [0.15, 0.2) is 0 Å². The number of likely N-dealkylation sites (N-methyl/N-ethyl adjacent to an activating group) is 1. The molecule has 2 unspecified atom stereocenters. The van der Waals surface area contributed by atoms with Crippen molar-refractivity contribution in [1.29, 1.82) is 0 Å². The first kappa shape index (κ1) is 15.0. The van der Waals surface area contributed by atoms with E-state index in [1.165, 1.54) is 7.11 Å². The zero-order valence-corrected chi connectivity index (χ0v) is 12.6. The number of esters is 1. The van der Waals surface area contributed by atoms with Gasteiger partial charge in [0.25, 0.3) is 0 Å². The third-order valence-corrected chi connectivity index (χ3v) is 4.17. The van der Waals surface area contributed by atoms with Gasteiger partial charge in [0.1, 0.15) is 0 Å². The molecule has 0 bridgehead atoms. The molecule has 0 aliphatic carbocycles. The van der Waals surface area contributed by atoms with Crippen LogP contribution in [0.4, 0.5) is 0 Å². The molecule has 1 aliphatic heterocycles. The topological polar surface area (TPSA) is 32.8 Å². The van der Waals surface area contributed by atoms with Crippen molar-refractivity contribution in [3.63, 3.8) is 0 Å². The first-order chi connectivity index (χ1) is 9.61. The highest BCUT2D eigenvalue weighted by molar-refractivity contribution is 5.78. The van der Waals surface area contributed by atoms with E-state index in [4.69, 9.17) is 4.74 Å². The van der Waals surface area contributed by atoms with Crippen LogP contribution < -0.4 is 0 Å². The number of carbonyl (C=O) groups is 1. The largest absolute Gasteiger partial charge is 0.469 e. The maximum atomic E-state index is 12.1. The lowest BCUT2D eigenvalue weighted by molar-refractivity contribution is -0.143. The maximum absolute atomic E-state index is 12.1. The molecule has 2 atom stereocenters. The molecule has 110 valence electrons. The molecule has 1 heterocycles. The molecule has 1 fully saturated rings. The molecule has 4 nitrogen and oxygen atoms in total. The standard InChI is InChI=1S/C16H24N2O2/c1-13-11-18(10-9-17(13)2)12-15(16(19)20-3)14-7-5-4-6-8-14/h4-8,13,15H,9-12H2,1-3H3. The van der Waals surface area contributed by atoms with Gasteiger partial charge in [-0.1, -0.05) is 30.3 Å². The normalized spacial score (nSPS) is 22.4. The van der Waals surface area contributed by atoms with Crippen molar-refractivity contribution in [2.75, 3.05) is 40.3 Å². The highest BCUT2D eigenvalue weighted by Crippen LogP contribution is 2.20. The zero-order valence-electron chi connectivity index (χ0n) is 12.6. The van der Waals surface area contributed by atoms with Gasteiger partial charge in [-0.3, -0.25) is 9.69 Å². The third kappa shape index (κ3) is 3.58. The molecule has 1 aliphatic rings. The summed E-state index contributed by atoms with van der Waals surface area (Å²) in [5.41, 5.74) is 1.03. The van der Waals surface area contributed by atoms with Crippen molar-refractivity contribution in [1.82, 2.24) is 9.80 Å². The Morgan fingerprint density at radius 2 is 2.05 bits per heavy atom. The Kier molecular flexibility index (Phi) is 5.15. The van der Waals surface area contributed by atoms with Crippen LogP contribution >= 0.6 is 0 Å². The van der Waals surface area contributed by atoms with Gasteiger partial charge in [-0.15, -0.1) is 0 Å². The molecule has 0 amide bonds. The van der Waals surface area contributed by atoms with Crippen molar-refractivity contribution < 1.29 is 9.53 Å². The minimum absolute atomic E-state index is 0.150. The summed E-state index contributed by atoms with van der Waals surface area (Å²) < 4.78 is 4.98. The molecule has 2 rings (SSSR count). The molecule has 20 heavy (non-hydrogen) atoms. The van der Waals surface area contributed by atoms with Crippen molar-refractivity contribution >= 4 is 5.97 Å². The van der Waals surface area contributed by atoms with Gasteiger partial charge >= 0.3 is 5.97 Å². The molecule has 0 spiro atoms. The van der Waals surface area contributed by atoms with Crippen molar-refractivity contribution in [2.24, 2.45) is 0 Å². The number of hydrogen-bond donors (Lipinski definition) is 0. The number of rotatable bonds is 4. The van der Waals surface area contributed by atoms with Crippen molar-refractivity contribution in [3.8, 4) is 0 Å². The Bertz CT molecular complexity index is 435. The van der Waals surface area contributed by atoms with Crippen molar-refractivity contribution in [3.05, 3.63) is 35.9 Å². The number of hydrogen-bond acceptors (Lipinski definition) is 4. The summed E-state index contributed by atoms with van der Waals surface area (Å²) in [5, 5.41) is 0. The summed E-state index contributed by atoms with van der Waals surface area (Å²) in [6, 6.07) is 10.4. The molecule has 1 aromatic rings. The van der Waals surface area contributed by atoms with E-state index in [9.17, 15) is 4.79 Å². The van der Waals surface area contributed by atoms with Crippen LogP contribution in [0.3, 0.4) is 0 Å². The van der Waals surface area contributed by atoms with E-state index < -0.39 is 0 Å². The van der Waals surface area contributed by atoms with Crippen LogP contribution in [0.2, 0.25) is 0 Å². The lowest BCUT2D eigenvalue weighted by atomic mass is 9.98. The minimum atomic E-state index is -0.197. The van der Waals surface area contributed by atoms with E-state index in [1.807, 2.05) is 30.3 Å². The molecule has 0 aromatic heterocycles. The van der Waals surface area contributed by atoms with E-state index >= 15 is 0 Å². The van der Waals surface area contributed by atoms with E-state index in [2.05, 4.69) is 23.8 Å². The molecule has 0 radical (unpaired) electrons. The summed E-state index contributed by atoms with van der Waals surface area (Å²) >= 11 is 0. The highest BCUT2D eigenvalue weighted by Gasteiger charge is 2.27. The Balaban J connectivity index is 2.07. The SMILES string of the molecule is COC(=O)C(CN1CCN(C)C(C)C1)c1ccccc1. The molecule has 1 saturated heterocycles. The van der Waals surface area contributed by atoms with Crippen LogP contribution in [0.25, 0.3) is 0 Å². The number of nitrogens with zero attached hydrogens (tertiary/aromatic N) is 2. The average molecular weight is 276 g/mol. The molecular formula is C16H24N2O2. The van der Waals surface area contributed by atoms with Gasteiger partial charge < -0.3 is 9.64 Å². The van der Waals surface area contributed by atoms with Gasteiger partial charge in [-0.05, 0) is 19.5 Å². The van der Waals surface area contributed by atoms with Crippen LogP contribution in [0.1, 0.15) is 18.4 Å². The molecule has 1 aromatic carbocycles. The second-order valence-electron chi connectivity index (χ2n) is 5.58. The summed E-state index contributed by atoms with van der Waals surface area (Å²) in [7, 11) is 3.61. The first-order valence-corrected chi connectivity index (χ1v) is 7.17. The van der Waals surface area contributed by atoms with Gasteiger partial charge in [0.2, 0.25) is 0 Å². The second-order valence-corrected chi connectivity index (χ2v) is 5.58. The van der Waals surface area contributed by atoms with Gasteiger partial charge in [-0.2, -0.15) is 0 Å². The fourth-order valence-corrected chi connectivity index (χ4v) is 2.69. The zero-order chi connectivity index (χ0) is 14.5. The number of carbonyl (C=O) groups excluding carboxylic acids is 1. The summed E-state index contributed by atoms with van der Waals surface area (Å²) in [5.74, 6) is -0.348. The summed E-state index contributed by atoms with van der Waals surface area (Å²) in [4.78, 5) is 16.8. The number of benzene rings is 1. The quantitative estimate of drug-likeness (QED) is 0.782. The van der Waals surface area contributed by atoms with Crippen molar-refractivity contribution in [2.45, 2.75) is 18.9 Å². The van der Waals surface area contributed by atoms with Crippen LogP contribution in [0.15, 0.2) is 30.3 Å². The predicted molar refractivity (Wildman–Crippen MR) is 79.7 cm³/mol.